The summed E-state index contributed by atoms with van der Waals surface area (Å²) in [5.74, 6) is 2.39. The van der Waals surface area contributed by atoms with Crippen molar-refractivity contribution in [3.05, 3.63) is 23.3 Å². The fourth-order valence-electron chi connectivity index (χ4n) is 4.66. The highest BCUT2D eigenvalue weighted by Gasteiger charge is 2.41. The Bertz CT molecular complexity index is 690. The van der Waals surface area contributed by atoms with Gasteiger partial charge in [-0.15, -0.1) is 0 Å². The van der Waals surface area contributed by atoms with Crippen LogP contribution in [0.3, 0.4) is 0 Å². The quantitative estimate of drug-likeness (QED) is 0.677. The highest BCUT2D eigenvalue weighted by Crippen LogP contribution is 2.44. The standard InChI is InChI=1S/C22H33NO5/c1-6-27-22(24)28-19-12-18-17-11-21(26-5)20(25-4)10-15(17)7-8-23(18)13-16(19)9-14(2)3/h10-11,14,16,18-19H,6-9,12-13H2,1-5H3. The number of rotatable bonds is 6. The molecule has 0 saturated carbocycles. The van der Waals surface area contributed by atoms with Crippen molar-refractivity contribution >= 4 is 6.16 Å². The van der Waals surface area contributed by atoms with Crippen LogP contribution in [-0.2, 0) is 15.9 Å². The number of ether oxygens (including phenoxy) is 4. The van der Waals surface area contributed by atoms with Gasteiger partial charge in [0.2, 0.25) is 0 Å². The smallest absolute Gasteiger partial charge is 0.493 e. The maximum atomic E-state index is 12.0. The third-order valence-corrected chi connectivity index (χ3v) is 5.85. The number of benzene rings is 1. The van der Waals surface area contributed by atoms with Gasteiger partial charge >= 0.3 is 6.16 Å². The summed E-state index contributed by atoms with van der Waals surface area (Å²) in [6.07, 6.45) is 2.11. The van der Waals surface area contributed by atoms with Crippen LogP contribution in [-0.4, -0.2) is 51.1 Å². The Hall–Kier alpha value is -1.95. The lowest BCUT2D eigenvalue weighted by Crippen LogP contribution is -2.49. The van der Waals surface area contributed by atoms with Crippen molar-refractivity contribution in [2.24, 2.45) is 11.8 Å². The molecule has 0 aromatic heterocycles. The van der Waals surface area contributed by atoms with Crippen LogP contribution in [0.4, 0.5) is 4.79 Å². The predicted octanol–water partition coefficient (Wildman–Crippen LogP) is 4.21. The highest BCUT2D eigenvalue weighted by atomic mass is 16.7. The van der Waals surface area contributed by atoms with Gasteiger partial charge in [-0.25, -0.2) is 4.79 Å². The van der Waals surface area contributed by atoms with Crippen molar-refractivity contribution in [2.75, 3.05) is 33.9 Å². The molecule has 6 nitrogen and oxygen atoms in total. The van der Waals surface area contributed by atoms with Gasteiger partial charge in [0.1, 0.15) is 6.10 Å². The molecule has 1 aromatic rings. The molecule has 2 aliphatic rings. The van der Waals surface area contributed by atoms with Crippen LogP contribution in [0.2, 0.25) is 0 Å². The summed E-state index contributed by atoms with van der Waals surface area (Å²) in [5.41, 5.74) is 2.54. The zero-order valence-corrected chi connectivity index (χ0v) is 17.7. The maximum absolute atomic E-state index is 12.0. The SMILES string of the molecule is CCOC(=O)OC1CC2c3cc(OC)c(OC)cc3CCN2CC1CC(C)C. The van der Waals surface area contributed by atoms with E-state index in [9.17, 15) is 4.79 Å². The van der Waals surface area contributed by atoms with Crippen molar-refractivity contribution in [1.29, 1.82) is 0 Å². The molecule has 28 heavy (non-hydrogen) atoms. The first-order chi connectivity index (χ1) is 13.5. The number of fused-ring (bicyclic) bond motifs is 3. The Morgan fingerprint density at radius 2 is 1.93 bits per heavy atom. The molecule has 3 atom stereocenters. The minimum Gasteiger partial charge on any atom is -0.493 e. The Kier molecular flexibility index (Phi) is 6.70. The molecule has 3 rings (SSSR count). The van der Waals surface area contributed by atoms with Gasteiger partial charge < -0.3 is 18.9 Å². The summed E-state index contributed by atoms with van der Waals surface area (Å²) < 4.78 is 21.8. The average molecular weight is 392 g/mol. The summed E-state index contributed by atoms with van der Waals surface area (Å²) in [5, 5.41) is 0. The molecule has 2 heterocycles. The van der Waals surface area contributed by atoms with E-state index >= 15 is 0 Å². The molecule has 1 fully saturated rings. The van der Waals surface area contributed by atoms with Crippen LogP contribution in [0.5, 0.6) is 11.5 Å². The number of carbonyl (C=O) groups excluding carboxylic acids is 1. The highest BCUT2D eigenvalue weighted by molar-refractivity contribution is 5.60. The number of hydrogen-bond acceptors (Lipinski definition) is 6. The van der Waals surface area contributed by atoms with E-state index in [0.29, 0.717) is 18.4 Å². The second-order valence-electron chi connectivity index (χ2n) is 8.13. The van der Waals surface area contributed by atoms with Crippen molar-refractivity contribution < 1.29 is 23.7 Å². The normalized spacial score (nSPS) is 24.3. The molecular weight excluding hydrogens is 358 g/mol. The third kappa shape index (κ3) is 4.37. The monoisotopic (exact) mass is 391 g/mol. The van der Waals surface area contributed by atoms with E-state index in [1.165, 1.54) is 11.1 Å². The largest absolute Gasteiger partial charge is 0.508 e. The predicted molar refractivity (Wildman–Crippen MR) is 107 cm³/mol. The number of methoxy groups -OCH3 is 2. The molecule has 0 aliphatic carbocycles. The van der Waals surface area contributed by atoms with Crippen LogP contribution < -0.4 is 9.47 Å². The minimum atomic E-state index is -0.557. The molecule has 156 valence electrons. The zero-order valence-electron chi connectivity index (χ0n) is 17.7. The number of hydrogen-bond donors (Lipinski definition) is 0. The van der Waals surface area contributed by atoms with Crippen molar-refractivity contribution in [2.45, 2.75) is 52.2 Å². The lowest BCUT2D eigenvalue weighted by molar-refractivity contribution is -0.0529. The molecule has 1 aromatic carbocycles. The van der Waals surface area contributed by atoms with Crippen LogP contribution >= 0.6 is 0 Å². The van der Waals surface area contributed by atoms with Gasteiger partial charge in [0.05, 0.1) is 20.8 Å². The fraction of sp³-hybridized carbons (Fsp3) is 0.682. The zero-order chi connectivity index (χ0) is 20.3. The average Bonchev–Trinajstić information content (AvgIpc) is 2.67. The van der Waals surface area contributed by atoms with Crippen LogP contribution in [0.1, 0.15) is 50.8 Å². The number of piperidine rings is 1. The maximum Gasteiger partial charge on any atom is 0.508 e. The molecule has 2 aliphatic heterocycles. The Balaban J connectivity index is 1.87. The summed E-state index contributed by atoms with van der Waals surface area (Å²) in [7, 11) is 3.33. The summed E-state index contributed by atoms with van der Waals surface area (Å²) in [6, 6.07) is 4.40. The first-order valence-corrected chi connectivity index (χ1v) is 10.3. The number of nitrogens with zero attached hydrogens (tertiary/aromatic N) is 1. The van der Waals surface area contributed by atoms with E-state index in [1.54, 1.807) is 21.1 Å². The summed E-state index contributed by atoms with van der Waals surface area (Å²) in [4.78, 5) is 14.6. The van der Waals surface area contributed by atoms with E-state index in [2.05, 4.69) is 30.9 Å². The Morgan fingerprint density at radius 1 is 1.21 bits per heavy atom. The summed E-state index contributed by atoms with van der Waals surface area (Å²) >= 11 is 0. The lowest BCUT2D eigenvalue weighted by atomic mass is 9.79. The summed E-state index contributed by atoms with van der Waals surface area (Å²) in [6.45, 7) is 8.50. The van der Waals surface area contributed by atoms with Gasteiger partial charge in [0, 0.05) is 31.5 Å². The number of carbonyl (C=O) groups is 1. The van der Waals surface area contributed by atoms with E-state index in [-0.39, 0.29) is 12.1 Å². The first-order valence-electron chi connectivity index (χ1n) is 10.3. The molecule has 6 heteroatoms. The van der Waals surface area contributed by atoms with Gasteiger partial charge in [0.15, 0.2) is 11.5 Å². The molecule has 3 unspecified atom stereocenters. The van der Waals surface area contributed by atoms with Crippen LogP contribution in [0, 0.1) is 11.8 Å². The molecular formula is C22H33NO5. The van der Waals surface area contributed by atoms with Crippen molar-refractivity contribution in [3.63, 3.8) is 0 Å². The van der Waals surface area contributed by atoms with Gasteiger partial charge in [-0.2, -0.15) is 0 Å². The van der Waals surface area contributed by atoms with Gasteiger partial charge in [0.25, 0.3) is 0 Å². The van der Waals surface area contributed by atoms with E-state index in [4.69, 9.17) is 18.9 Å². The van der Waals surface area contributed by atoms with E-state index < -0.39 is 6.16 Å². The van der Waals surface area contributed by atoms with Crippen LogP contribution in [0.25, 0.3) is 0 Å². The minimum absolute atomic E-state index is 0.137. The molecule has 0 amide bonds. The molecule has 0 spiro atoms. The van der Waals surface area contributed by atoms with Gasteiger partial charge in [-0.3, -0.25) is 4.90 Å². The lowest BCUT2D eigenvalue weighted by Gasteiger charge is -2.47. The fourth-order valence-corrected chi connectivity index (χ4v) is 4.66. The molecule has 1 saturated heterocycles. The molecule has 0 N–H and O–H groups in total. The molecule has 0 radical (unpaired) electrons. The first kappa shape index (κ1) is 20.8. The van der Waals surface area contributed by atoms with E-state index in [1.807, 2.05) is 0 Å². The topological polar surface area (TPSA) is 57.2 Å². The second-order valence-corrected chi connectivity index (χ2v) is 8.13. The third-order valence-electron chi connectivity index (χ3n) is 5.85. The Morgan fingerprint density at radius 3 is 2.57 bits per heavy atom. The van der Waals surface area contributed by atoms with Crippen molar-refractivity contribution in [3.8, 4) is 11.5 Å². The van der Waals surface area contributed by atoms with Gasteiger partial charge in [-0.05, 0) is 48.9 Å². The van der Waals surface area contributed by atoms with Crippen LogP contribution in [0.15, 0.2) is 12.1 Å². The van der Waals surface area contributed by atoms with Gasteiger partial charge in [-0.1, -0.05) is 13.8 Å². The van der Waals surface area contributed by atoms with Crippen molar-refractivity contribution in [1.82, 2.24) is 4.90 Å². The van der Waals surface area contributed by atoms with E-state index in [0.717, 1.165) is 43.9 Å². The second kappa shape index (κ2) is 9.03. The Labute approximate surface area is 168 Å². The molecule has 0 bridgehead atoms.